The van der Waals surface area contributed by atoms with Gasteiger partial charge in [0.15, 0.2) is 0 Å². The van der Waals surface area contributed by atoms with Gasteiger partial charge in [0.25, 0.3) is 0 Å². The smallest absolute Gasteiger partial charge is 0.246 e. The number of anilines is 2. The Morgan fingerprint density at radius 1 is 1.19 bits per heavy atom. The monoisotopic (exact) mass is 383 g/mol. The summed E-state index contributed by atoms with van der Waals surface area (Å²) in [5, 5.41) is 3.23. The quantitative estimate of drug-likeness (QED) is 0.828. The maximum atomic E-state index is 12.7. The van der Waals surface area contributed by atoms with Crippen LogP contribution in [0.25, 0.3) is 0 Å². The lowest BCUT2D eigenvalue weighted by Gasteiger charge is -2.29. The molecule has 0 saturated heterocycles. The van der Waals surface area contributed by atoms with Crippen molar-refractivity contribution in [2.45, 2.75) is 25.3 Å². The zero-order valence-electron chi connectivity index (χ0n) is 15.8. The molecule has 0 radical (unpaired) electrons. The van der Waals surface area contributed by atoms with E-state index in [1.807, 2.05) is 54.3 Å². The average molecular weight is 384 g/mol. The molecule has 2 amide bonds. The number of nitrogens with one attached hydrogen (secondary N) is 1. The van der Waals surface area contributed by atoms with Crippen molar-refractivity contribution < 1.29 is 9.59 Å². The van der Waals surface area contributed by atoms with Crippen molar-refractivity contribution in [3.8, 4) is 0 Å². The van der Waals surface area contributed by atoms with Gasteiger partial charge >= 0.3 is 0 Å². The summed E-state index contributed by atoms with van der Waals surface area (Å²) in [6, 6.07) is 15.9. The Morgan fingerprint density at radius 3 is 2.78 bits per heavy atom. The molecule has 0 atom stereocenters. The molecule has 0 saturated carbocycles. The topological polar surface area (TPSA) is 52.7 Å². The third-order valence-corrected chi connectivity index (χ3v) is 5.64. The number of benzene rings is 2. The zero-order valence-corrected chi connectivity index (χ0v) is 16.6. The van der Waals surface area contributed by atoms with E-state index in [9.17, 15) is 9.59 Å². The number of nitrogens with zero attached hydrogens (tertiary/aromatic N) is 2. The molecule has 2 aromatic rings. The summed E-state index contributed by atoms with van der Waals surface area (Å²) < 4.78 is 0. The van der Waals surface area contributed by atoms with E-state index < -0.39 is 0 Å². The molecule has 5 nitrogen and oxygen atoms in total. The van der Waals surface area contributed by atoms with E-state index in [0.29, 0.717) is 13.1 Å². The first kappa shape index (κ1) is 19.3. The lowest BCUT2D eigenvalue weighted by Crippen LogP contribution is -2.39. The van der Waals surface area contributed by atoms with Crippen LogP contribution >= 0.6 is 11.8 Å². The minimum atomic E-state index is 0.0621. The maximum Gasteiger partial charge on any atom is 0.246 e. The molecule has 0 fully saturated rings. The van der Waals surface area contributed by atoms with Crippen molar-refractivity contribution in [1.29, 1.82) is 0 Å². The minimum absolute atomic E-state index is 0.0621. The standard InChI is InChI=1S/C21H25N3O2S/c1-3-23(16(2)25)15-17-7-6-8-18(13-17)22-14-21(26)24-11-12-27-20-10-5-4-9-19(20)24/h4-10,13,22H,3,11-12,14-15H2,1-2H3. The Kier molecular flexibility index (Phi) is 6.40. The van der Waals surface area contributed by atoms with Crippen LogP contribution in [0, 0.1) is 0 Å². The van der Waals surface area contributed by atoms with E-state index in [4.69, 9.17) is 0 Å². The van der Waals surface area contributed by atoms with Gasteiger partial charge in [-0.3, -0.25) is 9.59 Å². The molecule has 2 aromatic carbocycles. The van der Waals surface area contributed by atoms with E-state index in [-0.39, 0.29) is 18.4 Å². The Bertz CT molecular complexity index is 825. The van der Waals surface area contributed by atoms with Gasteiger partial charge in [0.05, 0.1) is 12.2 Å². The Balaban J connectivity index is 1.63. The van der Waals surface area contributed by atoms with Crippen LogP contribution in [0.3, 0.4) is 0 Å². The second-order valence-electron chi connectivity index (χ2n) is 6.45. The van der Waals surface area contributed by atoms with E-state index in [1.54, 1.807) is 23.6 Å². The molecule has 6 heteroatoms. The van der Waals surface area contributed by atoms with Crippen LogP contribution in [-0.2, 0) is 16.1 Å². The van der Waals surface area contributed by atoms with Gasteiger partial charge in [0.1, 0.15) is 0 Å². The molecule has 3 rings (SSSR count). The minimum Gasteiger partial charge on any atom is -0.376 e. The lowest BCUT2D eigenvalue weighted by atomic mass is 10.2. The first-order valence-electron chi connectivity index (χ1n) is 9.19. The highest BCUT2D eigenvalue weighted by Gasteiger charge is 2.22. The number of rotatable bonds is 6. The molecular weight excluding hydrogens is 358 g/mol. The highest BCUT2D eigenvalue weighted by atomic mass is 32.2. The van der Waals surface area contributed by atoms with Gasteiger partial charge in [-0.15, -0.1) is 11.8 Å². The molecule has 0 aliphatic carbocycles. The summed E-state index contributed by atoms with van der Waals surface area (Å²) in [5.41, 5.74) is 2.93. The second kappa shape index (κ2) is 8.95. The van der Waals surface area contributed by atoms with E-state index >= 15 is 0 Å². The molecule has 0 unspecified atom stereocenters. The van der Waals surface area contributed by atoms with Gasteiger partial charge in [-0.1, -0.05) is 24.3 Å². The molecule has 1 N–H and O–H groups in total. The largest absolute Gasteiger partial charge is 0.376 e. The molecule has 1 aliphatic rings. The van der Waals surface area contributed by atoms with Gasteiger partial charge in [-0.25, -0.2) is 0 Å². The summed E-state index contributed by atoms with van der Waals surface area (Å²) in [5.74, 6) is 1.04. The molecule has 1 heterocycles. The van der Waals surface area contributed by atoms with Crippen LogP contribution in [0.5, 0.6) is 0 Å². The third-order valence-electron chi connectivity index (χ3n) is 4.60. The van der Waals surface area contributed by atoms with E-state index in [2.05, 4.69) is 11.4 Å². The first-order valence-corrected chi connectivity index (χ1v) is 10.2. The third kappa shape index (κ3) is 4.83. The number of carbonyl (C=O) groups excluding carboxylic acids is 2. The van der Waals surface area contributed by atoms with Gasteiger partial charge in [-0.2, -0.15) is 0 Å². The van der Waals surface area contributed by atoms with Gasteiger partial charge in [0, 0.05) is 42.9 Å². The Hall–Kier alpha value is -2.47. The number of carbonyl (C=O) groups is 2. The Labute approximate surface area is 164 Å². The number of thioether (sulfide) groups is 1. The van der Waals surface area contributed by atoms with Gasteiger partial charge in [-0.05, 0) is 36.8 Å². The maximum absolute atomic E-state index is 12.7. The van der Waals surface area contributed by atoms with Crippen molar-refractivity contribution in [1.82, 2.24) is 4.90 Å². The number of fused-ring (bicyclic) bond motifs is 1. The second-order valence-corrected chi connectivity index (χ2v) is 7.59. The molecule has 142 valence electrons. The first-order chi connectivity index (χ1) is 13.1. The van der Waals surface area contributed by atoms with Crippen molar-refractivity contribution in [2.24, 2.45) is 0 Å². The van der Waals surface area contributed by atoms with Crippen LogP contribution in [0.4, 0.5) is 11.4 Å². The van der Waals surface area contributed by atoms with Crippen LogP contribution in [0.2, 0.25) is 0 Å². The molecule has 27 heavy (non-hydrogen) atoms. The highest BCUT2D eigenvalue weighted by Crippen LogP contribution is 2.34. The molecule has 0 aromatic heterocycles. The molecular formula is C21H25N3O2S. The zero-order chi connectivity index (χ0) is 19.2. The normalized spacial score (nSPS) is 13.0. The summed E-state index contributed by atoms with van der Waals surface area (Å²) in [6.45, 7) is 5.78. The van der Waals surface area contributed by atoms with Crippen molar-refractivity contribution in [2.75, 3.05) is 35.6 Å². The fourth-order valence-electron chi connectivity index (χ4n) is 3.15. The Morgan fingerprint density at radius 2 is 2.00 bits per heavy atom. The van der Waals surface area contributed by atoms with E-state index in [1.165, 1.54) is 0 Å². The predicted molar refractivity (Wildman–Crippen MR) is 111 cm³/mol. The summed E-state index contributed by atoms with van der Waals surface area (Å²) in [6.07, 6.45) is 0. The number of hydrogen-bond acceptors (Lipinski definition) is 4. The number of hydrogen-bond donors (Lipinski definition) is 1. The van der Waals surface area contributed by atoms with Crippen LogP contribution in [0.1, 0.15) is 19.4 Å². The van der Waals surface area contributed by atoms with Crippen LogP contribution in [-0.4, -0.2) is 42.1 Å². The predicted octanol–water partition coefficient (Wildman–Crippen LogP) is 3.61. The van der Waals surface area contributed by atoms with Gasteiger partial charge in [0.2, 0.25) is 11.8 Å². The molecule has 0 spiro atoms. The summed E-state index contributed by atoms with van der Waals surface area (Å²) >= 11 is 1.79. The van der Waals surface area contributed by atoms with Crippen molar-refractivity contribution in [3.63, 3.8) is 0 Å². The fraction of sp³-hybridized carbons (Fsp3) is 0.333. The van der Waals surface area contributed by atoms with Crippen LogP contribution < -0.4 is 10.2 Å². The highest BCUT2D eigenvalue weighted by molar-refractivity contribution is 7.99. The van der Waals surface area contributed by atoms with Crippen LogP contribution in [0.15, 0.2) is 53.4 Å². The SMILES string of the molecule is CCN(Cc1cccc(NCC(=O)N2CCSc3ccccc32)c1)C(C)=O. The summed E-state index contributed by atoms with van der Waals surface area (Å²) in [4.78, 5) is 29.1. The average Bonchev–Trinajstić information content (AvgIpc) is 2.70. The number of para-hydroxylation sites is 1. The van der Waals surface area contributed by atoms with Crippen molar-refractivity contribution >= 4 is 35.0 Å². The van der Waals surface area contributed by atoms with E-state index in [0.717, 1.165) is 34.1 Å². The summed E-state index contributed by atoms with van der Waals surface area (Å²) in [7, 11) is 0. The molecule has 1 aliphatic heterocycles. The fourth-order valence-corrected chi connectivity index (χ4v) is 4.14. The molecule has 0 bridgehead atoms. The van der Waals surface area contributed by atoms with Crippen molar-refractivity contribution in [3.05, 3.63) is 54.1 Å². The number of amides is 2. The van der Waals surface area contributed by atoms with Gasteiger partial charge < -0.3 is 15.1 Å². The lowest BCUT2D eigenvalue weighted by molar-refractivity contribution is -0.129.